The number of aliphatic hydroxyl groups excluding tert-OH is 3. The number of hydrogen-bond acceptors (Lipinski definition) is 8. The summed E-state index contributed by atoms with van der Waals surface area (Å²) in [4.78, 5) is 37.9. The van der Waals surface area contributed by atoms with Crippen molar-refractivity contribution in [2.45, 2.75) is 12.8 Å². The summed E-state index contributed by atoms with van der Waals surface area (Å²) in [5.74, 6) is -3.40. The molecule has 0 aliphatic carbocycles. The minimum absolute atomic E-state index is 0.0104. The predicted octanol–water partition coefficient (Wildman–Crippen LogP) is 1.03. The molecule has 0 fully saturated rings. The minimum Gasteiger partial charge on any atom is -0.478 e. The van der Waals surface area contributed by atoms with E-state index in [9.17, 15) is 19.2 Å². The SMILES string of the molecule is C=CC(=O)O.C=CC(=O)O.C=CC(=O)O.C=CCOC(=O)C=C.OCCCC(CO)CO. The molecule has 6 N–H and O–H groups in total. The minimum atomic E-state index is -0.981. The van der Waals surface area contributed by atoms with Crippen molar-refractivity contribution in [3.63, 3.8) is 0 Å². The summed E-state index contributed by atoms with van der Waals surface area (Å²) in [5.41, 5.74) is 0. The van der Waals surface area contributed by atoms with Crippen molar-refractivity contribution < 1.29 is 54.6 Å². The predicted molar refractivity (Wildman–Crippen MR) is 119 cm³/mol. The molecule has 11 nitrogen and oxygen atoms in total. The number of carbonyl (C=O) groups is 4. The fourth-order valence-electron chi connectivity index (χ4n) is 0.820. The van der Waals surface area contributed by atoms with Crippen LogP contribution in [0.15, 0.2) is 63.3 Å². The van der Waals surface area contributed by atoms with Crippen molar-refractivity contribution in [3.05, 3.63) is 63.3 Å². The number of rotatable bonds is 11. The van der Waals surface area contributed by atoms with Gasteiger partial charge in [0.1, 0.15) is 6.61 Å². The molecule has 184 valence electrons. The van der Waals surface area contributed by atoms with Gasteiger partial charge in [0.2, 0.25) is 0 Å². The smallest absolute Gasteiger partial charge is 0.330 e. The van der Waals surface area contributed by atoms with E-state index in [1.54, 1.807) is 0 Å². The molecule has 0 atom stereocenters. The van der Waals surface area contributed by atoms with Gasteiger partial charge in [-0.3, -0.25) is 0 Å². The van der Waals surface area contributed by atoms with E-state index in [4.69, 9.17) is 30.6 Å². The van der Waals surface area contributed by atoms with Gasteiger partial charge in [0.05, 0.1) is 0 Å². The molecular formula is C21H34O11. The molecule has 0 aromatic carbocycles. The van der Waals surface area contributed by atoms with Gasteiger partial charge in [-0.25, -0.2) is 19.2 Å². The molecule has 0 spiro atoms. The first-order valence-corrected chi connectivity index (χ1v) is 8.76. The van der Waals surface area contributed by atoms with Crippen LogP contribution in [0, 0.1) is 5.92 Å². The first kappa shape index (κ1) is 39.0. The van der Waals surface area contributed by atoms with E-state index in [0.29, 0.717) is 12.8 Å². The van der Waals surface area contributed by atoms with Crippen LogP contribution in [0.5, 0.6) is 0 Å². The summed E-state index contributed by atoms with van der Waals surface area (Å²) >= 11 is 0. The van der Waals surface area contributed by atoms with Crippen LogP contribution < -0.4 is 0 Å². The highest BCUT2D eigenvalue weighted by atomic mass is 16.5. The lowest BCUT2D eigenvalue weighted by Crippen LogP contribution is -2.11. The second-order valence-corrected chi connectivity index (χ2v) is 4.85. The molecule has 0 aliphatic heterocycles. The topological polar surface area (TPSA) is 199 Å². The fourth-order valence-corrected chi connectivity index (χ4v) is 0.820. The van der Waals surface area contributed by atoms with Crippen molar-refractivity contribution >= 4 is 23.9 Å². The first-order chi connectivity index (χ1) is 15.0. The lowest BCUT2D eigenvalue weighted by Gasteiger charge is -2.07. The zero-order chi connectivity index (χ0) is 26.4. The second kappa shape index (κ2) is 34.9. The van der Waals surface area contributed by atoms with Gasteiger partial charge in [0.15, 0.2) is 0 Å². The van der Waals surface area contributed by atoms with E-state index in [2.05, 4.69) is 37.6 Å². The molecule has 0 radical (unpaired) electrons. The van der Waals surface area contributed by atoms with Gasteiger partial charge in [-0.1, -0.05) is 39.0 Å². The highest BCUT2D eigenvalue weighted by molar-refractivity contribution is 5.81. The lowest BCUT2D eigenvalue weighted by molar-refractivity contribution is -0.136. The van der Waals surface area contributed by atoms with Gasteiger partial charge >= 0.3 is 23.9 Å². The Balaban J connectivity index is -0.0000000976. The third-order valence-electron chi connectivity index (χ3n) is 2.32. The number of esters is 1. The molecule has 11 heteroatoms. The lowest BCUT2D eigenvalue weighted by atomic mass is 10.1. The summed E-state index contributed by atoms with van der Waals surface area (Å²) in [7, 11) is 0. The van der Waals surface area contributed by atoms with Crippen molar-refractivity contribution in [2.24, 2.45) is 5.92 Å². The molecular weight excluding hydrogens is 428 g/mol. The van der Waals surface area contributed by atoms with Gasteiger partial charge in [-0.15, -0.1) is 0 Å². The Bertz CT molecular complexity index is 507. The maximum atomic E-state index is 10.2. The number of carboxylic acids is 3. The van der Waals surface area contributed by atoms with E-state index in [1.165, 1.54) is 6.08 Å². The third-order valence-corrected chi connectivity index (χ3v) is 2.32. The van der Waals surface area contributed by atoms with E-state index >= 15 is 0 Å². The van der Waals surface area contributed by atoms with Crippen LogP contribution in [0.4, 0.5) is 0 Å². The van der Waals surface area contributed by atoms with Crippen LogP contribution in [-0.4, -0.2) is 80.9 Å². The average molecular weight is 462 g/mol. The molecule has 0 saturated heterocycles. The molecule has 32 heavy (non-hydrogen) atoms. The van der Waals surface area contributed by atoms with Crippen LogP contribution in [-0.2, 0) is 23.9 Å². The van der Waals surface area contributed by atoms with Crippen molar-refractivity contribution in [1.29, 1.82) is 0 Å². The van der Waals surface area contributed by atoms with E-state index in [1.807, 2.05) is 0 Å². The van der Waals surface area contributed by atoms with Crippen LogP contribution in [0.2, 0.25) is 0 Å². The normalized spacial score (nSPS) is 7.88. The van der Waals surface area contributed by atoms with Gasteiger partial charge in [0, 0.05) is 50.0 Å². The zero-order valence-electron chi connectivity index (χ0n) is 18.0. The summed E-state index contributed by atoms with van der Waals surface area (Å²) in [6, 6.07) is 0. The zero-order valence-corrected chi connectivity index (χ0v) is 18.0. The summed E-state index contributed by atoms with van der Waals surface area (Å²) < 4.78 is 4.47. The van der Waals surface area contributed by atoms with Gasteiger partial charge in [0.25, 0.3) is 0 Å². The Morgan fingerprint density at radius 3 is 1.25 bits per heavy atom. The van der Waals surface area contributed by atoms with Crippen LogP contribution in [0.3, 0.4) is 0 Å². The number of ether oxygens (including phenoxy) is 1. The Kier molecular flexibility index (Phi) is 42.6. The quantitative estimate of drug-likeness (QED) is 0.146. The maximum absolute atomic E-state index is 10.2. The molecule has 0 rings (SSSR count). The Morgan fingerprint density at radius 2 is 1.06 bits per heavy atom. The van der Waals surface area contributed by atoms with Crippen molar-refractivity contribution in [1.82, 2.24) is 0 Å². The number of carbonyl (C=O) groups excluding carboxylic acids is 1. The summed E-state index contributed by atoms with van der Waals surface area (Å²) in [5, 5.41) is 48.2. The molecule has 0 bridgehead atoms. The second-order valence-electron chi connectivity index (χ2n) is 4.85. The van der Waals surface area contributed by atoms with Crippen LogP contribution in [0.25, 0.3) is 0 Å². The Morgan fingerprint density at radius 1 is 0.719 bits per heavy atom. The van der Waals surface area contributed by atoms with E-state index in [0.717, 1.165) is 24.3 Å². The molecule has 0 aliphatic rings. The first-order valence-electron chi connectivity index (χ1n) is 8.76. The standard InChI is InChI=1S/C6H14O3.C6H8O2.3C3H4O2/c7-3-1-2-6(4-8)5-9;1-3-5-8-6(7)4-2;3*1-2-3(4)5/h6-9H,1-5H2;3-4H,1-2,5H2;3*2H,1H2,(H,4,5). The average Bonchev–Trinajstić information content (AvgIpc) is 2.79. The Labute approximate surface area is 187 Å². The third kappa shape index (κ3) is 63.3. The van der Waals surface area contributed by atoms with Crippen LogP contribution in [0.1, 0.15) is 12.8 Å². The summed E-state index contributed by atoms with van der Waals surface area (Å²) in [6.07, 6.45) is 6.47. The number of aliphatic carboxylic acids is 3. The van der Waals surface area contributed by atoms with E-state index < -0.39 is 23.9 Å². The molecule has 0 unspecified atom stereocenters. The highest BCUT2D eigenvalue weighted by Gasteiger charge is 2.03. The van der Waals surface area contributed by atoms with Crippen molar-refractivity contribution in [2.75, 3.05) is 26.4 Å². The number of carboxylic acid groups (broad SMARTS) is 3. The molecule has 0 amide bonds. The van der Waals surface area contributed by atoms with Gasteiger partial charge in [-0.05, 0) is 12.8 Å². The van der Waals surface area contributed by atoms with Crippen molar-refractivity contribution in [3.8, 4) is 0 Å². The molecule has 0 aromatic rings. The highest BCUT2D eigenvalue weighted by Crippen LogP contribution is 2.02. The molecule has 0 aromatic heterocycles. The van der Waals surface area contributed by atoms with Crippen LogP contribution >= 0.6 is 0 Å². The largest absolute Gasteiger partial charge is 0.478 e. The van der Waals surface area contributed by atoms with Gasteiger partial charge < -0.3 is 35.4 Å². The summed E-state index contributed by atoms with van der Waals surface area (Å²) in [6.45, 7) is 15.9. The molecule has 0 saturated carbocycles. The van der Waals surface area contributed by atoms with E-state index in [-0.39, 0.29) is 32.3 Å². The molecule has 0 heterocycles. The monoisotopic (exact) mass is 462 g/mol. The Hall–Kier alpha value is -3.54. The van der Waals surface area contributed by atoms with Gasteiger partial charge in [-0.2, -0.15) is 0 Å². The maximum Gasteiger partial charge on any atom is 0.330 e. The number of aliphatic hydroxyl groups is 3. The number of hydrogen-bond donors (Lipinski definition) is 6. The fraction of sp³-hybridized carbons (Fsp3) is 0.333.